The molecule has 1 N–H and O–H groups in total. The maximum atomic E-state index is 6.08. The summed E-state index contributed by atoms with van der Waals surface area (Å²) in [5.41, 5.74) is 2.16. The standard InChI is InChI=1S/C18H22N2O/c1-2-6-16-13(4-1)7-10-17(20-16)18-14(5-3-11-21-18)12-19-15-8-9-15/h1-2,4,6-7,10,14-15,18-19H,3,5,8-9,11-12H2. The van der Waals surface area contributed by atoms with Gasteiger partial charge >= 0.3 is 0 Å². The van der Waals surface area contributed by atoms with Crippen LogP contribution in [0, 0.1) is 5.92 Å². The van der Waals surface area contributed by atoms with E-state index in [9.17, 15) is 0 Å². The zero-order valence-corrected chi connectivity index (χ0v) is 12.3. The van der Waals surface area contributed by atoms with Gasteiger partial charge in [0, 0.05) is 30.5 Å². The van der Waals surface area contributed by atoms with Gasteiger partial charge in [0.2, 0.25) is 0 Å². The normalized spacial score (nSPS) is 26.1. The van der Waals surface area contributed by atoms with Crippen LogP contribution in [0.4, 0.5) is 0 Å². The first-order chi connectivity index (χ1) is 10.4. The maximum absolute atomic E-state index is 6.08. The van der Waals surface area contributed by atoms with Gasteiger partial charge < -0.3 is 10.1 Å². The third-order valence-electron chi connectivity index (χ3n) is 4.60. The molecule has 1 saturated heterocycles. The molecule has 21 heavy (non-hydrogen) atoms. The minimum atomic E-state index is 0.148. The van der Waals surface area contributed by atoms with E-state index in [2.05, 4.69) is 35.6 Å². The number of nitrogens with zero attached hydrogens (tertiary/aromatic N) is 1. The predicted molar refractivity (Wildman–Crippen MR) is 84.2 cm³/mol. The number of fused-ring (bicyclic) bond motifs is 1. The summed E-state index contributed by atoms with van der Waals surface area (Å²) >= 11 is 0. The van der Waals surface area contributed by atoms with Gasteiger partial charge in [0.1, 0.15) is 6.10 Å². The van der Waals surface area contributed by atoms with Crippen molar-refractivity contribution < 1.29 is 4.74 Å². The fraction of sp³-hybridized carbons (Fsp3) is 0.500. The lowest BCUT2D eigenvalue weighted by Crippen LogP contribution is -2.33. The average molecular weight is 282 g/mol. The van der Waals surface area contributed by atoms with Gasteiger partial charge in [-0.2, -0.15) is 0 Å². The fourth-order valence-electron chi connectivity index (χ4n) is 3.23. The Labute approximate surface area is 125 Å². The lowest BCUT2D eigenvalue weighted by molar-refractivity contribution is -0.0301. The van der Waals surface area contributed by atoms with E-state index in [4.69, 9.17) is 9.72 Å². The lowest BCUT2D eigenvalue weighted by Gasteiger charge is -2.31. The first-order valence-corrected chi connectivity index (χ1v) is 8.11. The van der Waals surface area contributed by atoms with Crippen molar-refractivity contribution in [3.63, 3.8) is 0 Å². The molecular weight excluding hydrogens is 260 g/mol. The molecule has 2 fully saturated rings. The van der Waals surface area contributed by atoms with Crippen LogP contribution in [-0.4, -0.2) is 24.2 Å². The van der Waals surface area contributed by atoms with Crippen molar-refractivity contribution in [1.82, 2.24) is 10.3 Å². The van der Waals surface area contributed by atoms with E-state index < -0.39 is 0 Å². The smallest absolute Gasteiger partial charge is 0.103 e. The van der Waals surface area contributed by atoms with Crippen molar-refractivity contribution in [2.24, 2.45) is 5.92 Å². The second-order valence-corrected chi connectivity index (χ2v) is 6.31. The van der Waals surface area contributed by atoms with Gasteiger partial charge in [-0.1, -0.05) is 24.3 Å². The first-order valence-electron chi connectivity index (χ1n) is 8.11. The molecule has 0 spiro atoms. The third-order valence-corrected chi connectivity index (χ3v) is 4.60. The molecule has 2 atom stereocenters. The Morgan fingerprint density at radius 3 is 2.90 bits per heavy atom. The van der Waals surface area contributed by atoms with Gasteiger partial charge in [-0.15, -0.1) is 0 Å². The SMILES string of the molecule is c1ccc2nc(C3OCCCC3CNC3CC3)ccc2c1. The zero-order chi connectivity index (χ0) is 14.1. The highest BCUT2D eigenvalue weighted by molar-refractivity contribution is 5.78. The van der Waals surface area contributed by atoms with Crippen molar-refractivity contribution in [3.05, 3.63) is 42.1 Å². The Hall–Kier alpha value is -1.45. The van der Waals surface area contributed by atoms with E-state index in [-0.39, 0.29) is 6.10 Å². The van der Waals surface area contributed by atoms with Crippen LogP contribution in [0.1, 0.15) is 37.5 Å². The van der Waals surface area contributed by atoms with Crippen LogP contribution in [-0.2, 0) is 4.74 Å². The number of nitrogens with one attached hydrogen (secondary N) is 1. The Morgan fingerprint density at radius 1 is 1.10 bits per heavy atom. The largest absolute Gasteiger partial charge is 0.372 e. The second-order valence-electron chi connectivity index (χ2n) is 6.31. The molecule has 0 radical (unpaired) electrons. The highest BCUT2D eigenvalue weighted by Gasteiger charge is 2.30. The molecule has 2 aliphatic rings. The van der Waals surface area contributed by atoms with Gasteiger partial charge in [-0.25, -0.2) is 0 Å². The van der Waals surface area contributed by atoms with E-state index in [0.29, 0.717) is 5.92 Å². The quantitative estimate of drug-likeness (QED) is 0.932. The molecule has 2 aromatic rings. The molecule has 1 saturated carbocycles. The van der Waals surface area contributed by atoms with Gasteiger partial charge in [0.05, 0.1) is 11.2 Å². The van der Waals surface area contributed by atoms with Gasteiger partial charge in [0.25, 0.3) is 0 Å². The Kier molecular flexibility index (Phi) is 3.62. The monoisotopic (exact) mass is 282 g/mol. The zero-order valence-electron chi connectivity index (χ0n) is 12.3. The minimum absolute atomic E-state index is 0.148. The second kappa shape index (κ2) is 5.74. The first kappa shape index (κ1) is 13.2. The van der Waals surface area contributed by atoms with Crippen molar-refractivity contribution in [2.45, 2.75) is 37.8 Å². The third kappa shape index (κ3) is 2.94. The molecule has 3 nitrogen and oxygen atoms in total. The molecule has 1 aliphatic carbocycles. The summed E-state index contributed by atoms with van der Waals surface area (Å²) in [5.74, 6) is 0.549. The number of ether oxygens (including phenoxy) is 1. The lowest BCUT2D eigenvalue weighted by atomic mass is 9.91. The summed E-state index contributed by atoms with van der Waals surface area (Å²) in [6.45, 7) is 1.92. The number of pyridine rings is 1. The minimum Gasteiger partial charge on any atom is -0.372 e. The Morgan fingerprint density at radius 2 is 2.00 bits per heavy atom. The van der Waals surface area contributed by atoms with Crippen molar-refractivity contribution in [3.8, 4) is 0 Å². The van der Waals surface area contributed by atoms with Crippen molar-refractivity contribution >= 4 is 10.9 Å². The van der Waals surface area contributed by atoms with E-state index in [1.165, 1.54) is 31.1 Å². The average Bonchev–Trinajstić information content (AvgIpc) is 3.37. The molecule has 110 valence electrons. The molecule has 0 bridgehead atoms. The van der Waals surface area contributed by atoms with Crippen molar-refractivity contribution in [2.75, 3.05) is 13.2 Å². The molecule has 1 aliphatic heterocycles. The van der Waals surface area contributed by atoms with Crippen LogP contribution < -0.4 is 5.32 Å². The van der Waals surface area contributed by atoms with Crippen LogP contribution >= 0.6 is 0 Å². The molecule has 3 heteroatoms. The van der Waals surface area contributed by atoms with E-state index in [1.807, 2.05) is 6.07 Å². The topological polar surface area (TPSA) is 34.1 Å². The number of hydrogen-bond donors (Lipinski definition) is 1. The van der Waals surface area contributed by atoms with Crippen LogP contribution in [0.5, 0.6) is 0 Å². The van der Waals surface area contributed by atoms with Crippen molar-refractivity contribution in [1.29, 1.82) is 0 Å². The van der Waals surface area contributed by atoms with Gasteiger partial charge in [0.15, 0.2) is 0 Å². The summed E-state index contributed by atoms with van der Waals surface area (Å²) in [5, 5.41) is 4.85. The molecule has 2 heterocycles. The summed E-state index contributed by atoms with van der Waals surface area (Å²) in [4.78, 5) is 4.84. The van der Waals surface area contributed by atoms with Crippen LogP contribution in [0.25, 0.3) is 10.9 Å². The van der Waals surface area contributed by atoms with E-state index in [0.717, 1.165) is 30.4 Å². The Bertz CT molecular complexity index is 623. The molecule has 0 amide bonds. The van der Waals surface area contributed by atoms with Gasteiger partial charge in [-0.05, 0) is 37.8 Å². The molecule has 1 aromatic heterocycles. The van der Waals surface area contributed by atoms with Gasteiger partial charge in [-0.3, -0.25) is 4.98 Å². The van der Waals surface area contributed by atoms with Crippen LogP contribution in [0.2, 0.25) is 0 Å². The highest BCUT2D eigenvalue weighted by atomic mass is 16.5. The summed E-state index contributed by atoms with van der Waals surface area (Å²) in [6, 6.07) is 13.4. The van der Waals surface area contributed by atoms with Crippen LogP contribution in [0.3, 0.4) is 0 Å². The summed E-state index contributed by atoms with van der Waals surface area (Å²) < 4.78 is 6.08. The van der Waals surface area contributed by atoms with E-state index in [1.54, 1.807) is 0 Å². The van der Waals surface area contributed by atoms with Crippen LogP contribution in [0.15, 0.2) is 36.4 Å². The molecular formula is C18H22N2O. The number of hydrogen-bond acceptors (Lipinski definition) is 3. The van der Waals surface area contributed by atoms with E-state index >= 15 is 0 Å². The fourth-order valence-corrected chi connectivity index (χ4v) is 3.23. The maximum Gasteiger partial charge on any atom is 0.103 e. The number of rotatable bonds is 4. The number of para-hydroxylation sites is 1. The Balaban J connectivity index is 1.57. The predicted octanol–water partition coefficient (Wildman–Crippen LogP) is 3.45. The molecule has 4 rings (SSSR count). The summed E-state index contributed by atoms with van der Waals surface area (Å²) in [7, 11) is 0. The molecule has 2 unspecified atom stereocenters. The molecule has 1 aromatic carbocycles. The number of benzene rings is 1. The summed E-state index contributed by atoms with van der Waals surface area (Å²) in [6.07, 6.45) is 5.23. The highest BCUT2D eigenvalue weighted by Crippen LogP contribution is 2.33. The number of aromatic nitrogens is 1.